The van der Waals surface area contributed by atoms with Crippen molar-refractivity contribution < 1.29 is 9.53 Å². The van der Waals surface area contributed by atoms with Crippen molar-refractivity contribution in [2.75, 3.05) is 19.8 Å². The van der Waals surface area contributed by atoms with Crippen LogP contribution in [0.5, 0.6) is 0 Å². The maximum Gasteiger partial charge on any atom is 0.227 e. The molecule has 1 aromatic heterocycles. The van der Waals surface area contributed by atoms with Crippen LogP contribution in [0.2, 0.25) is 0 Å². The zero-order valence-electron chi connectivity index (χ0n) is 12.6. The number of hydrogen-bond acceptors (Lipinski definition) is 3. The topological polar surface area (TPSA) is 47.4 Å². The minimum absolute atomic E-state index is 0.106. The SMILES string of the molecule is Cc1nn(C)cc1CC(=O)N1CCOCC1(C)C1CC1. The van der Waals surface area contributed by atoms with E-state index < -0.39 is 0 Å². The van der Waals surface area contributed by atoms with Crippen molar-refractivity contribution in [1.82, 2.24) is 14.7 Å². The van der Waals surface area contributed by atoms with Crippen molar-refractivity contribution in [2.24, 2.45) is 13.0 Å². The van der Waals surface area contributed by atoms with E-state index in [4.69, 9.17) is 4.74 Å². The second-order valence-corrected chi connectivity index (χ2v) is 6.32. The van der Waals surface area contributed by atoms with E-state index in [0.717, 1.165) is 11.3 Å². The molecule has 5 nitrogen and oxygen atoms in total. The van der Waals surface area contributed by atoms with E-state index in [1.165, 1.54) is 12.8 Å². The largest absolute Gasteiger partial charge is 0.377 e. The number of nitrogens with zero attached hydrogens (tertiary/aromatic N) is 3. The molecular formula is C15H23N3O2. The van der Waals surface area contributed by atoms with Gasteiger partial charge in [0.05, 0.1) is 30.9 Å². The smallest absolute Gasteiger partial charge is 0.227 e. The predicted molar refractivity (Wildman–Crippen MR) is 75.3 cm³/mol. The first-order chi connectivity index (χ1) is 9.50. The molecule has 0 radical (unpaired) electrons. The molecule has 1 atom stereocenters. The van der Waals surface area contributed by atoms with Gasteiger partial charge in [-0.15, -0.1) is 0 Å². The van der Waals surface area contributed by atoms with Crippen LogP contribution in [0.4, 0.5) is 0 Å². The van der Waals surface area contributed by atoms with Crippen molar-refractivity contribution in [3.05, 3.63) is 17.5 Å². The first-order valence-electron chi connectivity index (χ1n) is 7.38. The lowest BCUT2D eigenvalue weighted by Crippen LogP contribution is -2.59. The molecule has 1 aliphatic heterocycles. The maximum atomic E-state index is 12.7. The molecule has 1 amide bonds. The summed E-state index contributed by atoms with van der Waals surface area (Å²) in [6.45, 7) is 6.18. The van der Waals surface area contributed by atoms with Crippen LogP contribution in [-0.4, -0.2) is 45.9 Å². The number of morpholine rings is 1. The van der Waals surface area contributed by atoms with E-state index in [9.17, 15) is 4.79 Å². The highest BCUT2D eigenvalue weighted by Crippen LogP contribution is 2.44. The fourth-order valence-electron chi connectivity index (χ4n) is 3.30. The number of amides is 1. The van der Waals surface area contributed by atoms with Gasteiger partial charge in [0.25, 0.3) is 0 Å². The van der Waals surface area contributed by atoms with Gasteiger partial charge < -0.3 is 9.64 Å². The molecule has 1 saturated heterocycles. The summed E-state index contributed by atoms with van der Waals surface area (Å²) < 4.78 is 7.41. The second kappa shape index (κ2) is 4.88. The number of aryl methyl sites for hydroxylation is 2. The third kappa shape index (κ3) is 2.35. The van der Waals surface area contributed by atoms with Gasteiger partial charge in [-0.05, 0) is 32.6 Å². The monoisotopic (exact) mass is 277 g/mol. The molecule has 2 heterocycles. The highest BCUT2D eigenvalue weighted by molar-refractivity contribution is 5.80. The maximum absolute atomic E-state index is 12.7. The summed E-state index contributed by atoms with van der Waals surface area (Å²) in [5, 5.41) is 4.31. The molecule has 3 rings (SSSR count). The van der Waals surface area contributed by atoms with Gasteiger partial charge in [-0.2, -0.15) is 5.10 Å². The van der Waals surface area contributed by atoms with Crippen LogP contribution in [0.15, 0.2) is 6.20 Å². The van der Waals surface area contributed by atoms with Crippen molar-refractivity contribution in [1.29, 1.82) is 0 Å². The Hall–Kier alpha value is -1.36. The Morgan fingerprint density at radius 1 is 1.55 bits per heavy atom. The number of carbonyl (C=O) groups excluding carboxylic acids is 1. The Morgan fingerprint density at radius 3 is 2.90 bits per heavy atom. The molecule has 2 fully saturated rings. The average Bonchev–Trinajstić information content (AvgIpc) is 3.18. The highest BCUT2D eigenvalue weighted by atomic mass is 16.5. The Kier molecular flexibility index (Phi) is 3.32. The molecule has 5 heteroatoms. The zero-order chi connectivity index (χ0) is 14.3. The summed E-state index contributed by atoms with van der Waals surface area (Å²) in [4.78, 5) is 14.8. The van der Waals surface area contributed by atoms with Crippen molar-refractivity contribution in [3.63, 3.8) is 0 Å². The molecule has 1 unspecified atom stereocenters. The summed E-state index contributed by atoms with van der Waals surface area (Å²) in [7, 11) is 1.89. The van der Waals surface area contributed by atoms with Gasteiger partial charge in [0, 0.05) is 25.4 Å². The van der Waals surface area contributed by atoms with Crippen LogP contribution in [0.25, 0.3) is 0 Å². The Balaban J connectivity index is 1.76. The molecule has 0 aromatic carbocycles. The van der Waals surface area contributed by atoms with Crippen LogP contribution in [0.1, 0.15) is 31.0 Å². The lowest BCUT2D eigenvalue weighted by molar-refractivity contribution is -0.149. The van der Waals surface area contributed by atoms with E-state index >= 15 is 0 Å². The third-order valence-electron chi connectivity index (χ3n) is 4.68. The molecule has 1 saturated carbocycles. The number of rotatable bonds is 3. The van der Waals surface area contributed by atoms with Crippen LogP contribution in [0.3, 0.4) is 0 Å². The number of aromatic nitrogens is 2. The lowest BCUT2D eigenvalue weighted by Gasteiger charge is -2.45. The van der Waals surface area contributed by atoms with E-state index in [-0.39, 0.29) is 11.4 Å². The van der Waals surface area contributed by atoms with Gasteiger partial charge in [0.15, 0.2) is 0 Å². The average molecular weight is 277 g/mol. The lowest BCUT2D eigenvalue weighted by atomic mass is 9.92. The quantitative estimate of drug-likeness (QED) is 0.836. The highest BCUT2D eigenvalue weighted by Gasteiger charge is 2.49. The molecule has 2 aliphatic rings. The van der Waals surface area contributed by atoms with Crippen LogP contribution >= 0.6 is 0 Å². The molecule has 20 heavy (non-hydrogen) atoms. The van der Waals surface area contributed by atoms with E-state index in [2.05, 4.69) is 16.9 Å². The summed E-state index contributed by atoms with van der Waals surface area (Å²) in [6.07, 6.45) is 4.83. The fourth-order valence-corrected chi connectivity index (χ4v) is 3.30. The number of ether oxygens (including phenoxy) is 1. The molecule has 0 bridgehead atoms. The van der Waals surface area contributed by atoms with Gasteiger partial charge in [-0.25, -0.2) is 0 Å². The molecule has 0 N–H and O–H groups in total. The molecule has 1 aliphatic carbocycles. The first kappa shape index (κ1) is 13.6. The summed E-state index contributed by atoms with van der Waals surface area (Å²) in [5.41, 5.74) is 1.87. The second-order valence-electron chi connectivity index (χ2n) is 6.32. The predicted octanol–water partition coefficient (Wildman–Crippen LogP) is 1.30. The van der Waals surface area contributed by atoms with Crippen molar-refractivity contribution in [3.8, 4) is 0 Å². The summed E-state index contributed by atoms with van der Waals surface area (Å²) in [6, 6.07) is 0. The van der Waals surface area contributed by atoms with E-state index in [1.54, 1.807) is 4.68 Å². The molecular weight excluding hydrogens is 254 g/mol. The molecule has 1 aromatic rings. The summed E-state index contributed by atoms with van der Waals surface area (Å²) in [5.74, 6) is 0.820. The van der Waals surface area contributed by atoms with Gasteiger partial charge >= 0.3 is 0 Å². The van der Waals surface area contributed by atoms with Crippen molar-refractivity contribution >= 4 is 5.91 Å². The van der Waals surface area contributed by atoms with E-state index in [0.29, 0.717) is 32.1 Å². The minimum Gasteiger partial charge on any atom is -0.377 e. The van der Waals surface area contributed by atoms with Crippen LogP contribution in [0, 0.1) is 12.8 Å². The molecule has 110 valence electrons. The van der Waals surface area contributed by atoms with Crippen LogP contribution < -0.4 is 0 Å². The standard InChI is InChI=1S/C15H23N3O2/c1-11-12(9-17(3)16-11)8-14(19)18-6-7-20-10-15(18,2)13-4-5-13/h9,13H,4-8,10H2,1-3H3. The Bertz CT molecular complexity index is 521. The van der Waals surface area contributed by atoms with Crippen molar-refractivity contribution in [2.45, 2.75) is 38.6 Å². The summed E-state index contributed by atoms with van der Waals surface area (Å²) >= 11 is 0. The molecule has 0 spiro atoms. The van der Waals surface area contributed by atoms with Gasteiger partial charge in [-0.3, -0.25) is 9.48 Å². The van der Waals surface area contributed by atoms with Gasteiger partial charge in [0.2, 0.25) is 5.91 Å². The fraction of sp³-hybridized carbons (Fsp3) is 0.733. The normalized spacial score (nSPS) is 26.9. The number of hydrogen-bond donors (Lipinski definition) is 0. The zero-order valence-corrected chi connectivity index (χ0v) is 12.6. The third-order valence-corrected chi connectivity index (χ3v) is 4.68. The Morgan fingerprint density at radius 2 is 2.30 bits per heavy atom. The Labute approximate surface area is 119 Å². The van der Waals surface area contributed by atoms with Gasteiger partial charge in [-0.1, -0.05) is 0 Å². The number of carbonyl (C=O) groups is 1. The minimum atomic E-state index is -0.106. The van der Waals surface area contributed by atoms with Gasteiger partial charge in [0.1, 0.15) is 0 Å². The van der Waals surface area contributed by atoms with E-state index in [1.807, 2.05) is 20.2 Å². The van der Waals surface area contributed by atoms with Crippen LogP contribution in [-0.2, 0) is 23.0 Å². The first-order valence-corrected chi connectivity index (χ1v) is 7.38.